The summed E-state index contributed by atoms with van der Waals surface area (Å²) in [5, 5.41) is 0. The molecule has 1 heteroatoms. The highest BCUT2D eigenvalue weighted by Crippen LogP contribution is 2.59. The maximum absolute atomic E-state index is 10.1. The van der Waals surface area contributed by atoms with Gasteiger partial charge in [0.1, 0.15) is 6.29 Å². The van der Waals surface area contributed by atoms with Crippen LogP contribution >= 0.6 is 0 Å². The Kier molecular flexibility index (Phi) is 1.51. The van der Waals surface area contributed by atoms with Gasteiger partial charge in [-0.15, -0.1) is 0 Å². The molecule has 2 rings (SSSR count). The molecule has 0 heterocycles. The molecule has 0 aliphatic heterocycles. The Morgan fingerprint density at radius 3 is 2.60 bits per heavy atom. The quantitative estimate of drug-likeness (QED) is 0.545. The monoisotopic (exact) mass is 138 g/mol. The van der Waals surface area contributed by atoms with Crippen LogP contribution in [0, 0.1) is 17.8 Å². The summed E-state index contributed by atoms with van der Waals surface area (Å²) in [6.07, 6.45) is 7.40. The van der Waals surface area contributed by atoms with Crippen LogP contribution in [0.3, 0.4) is 0 Å². The molecule has 2 aliphatic carbocycles. The van der Waals surface area contributed by atoms with Gasteiger partial charge in [0.05, 0.1) is 0 Å². The minimum absolute atomic E-state index is 0.803. The van der Waals surface area contributed by atoms with Crippen LogP contribution in [0.2, 0.25) is 0 Å². The Hall–Kier alpha value is -0.330. The normalized spacial score (nSPS) is 43.0. The molecule has 0 aromatic heterocycles. The standard InChI is InChI=1S/C9H14O/c10-6-2-5-9-7-3-1-4-8(7)9/h6-9H,1-5H2. The summed E-state index contributed by atoms with van der Waals surface area (Å²) in [5.74, 6) is 3.04. The molecule has 10 heavy (non-hydrogen) atoms. The van der Waals surface area contributed by atoms with Gasteiger partial charge in [-0.1, -0.05) is 6.42 Å². The van der Waals surface area contributed by atoms with E-state index in [0.717, 1.165) is 30.5 Å². The molecule has 0 aromatic carbocycles. The first kappa shape index (κ1) is 6.38. The van der Waals surface area contributed by atoms with E-state index in [1.807, 2.05) is 0 Å². The van der Waals surface area contributed by atoms with Crippen LogP contribution in [-0.2, 0) is 4.79 Å². The summed E-state index contributed by atoms with van der Waals surface area (Å²) in [5.41, 5.74) is 0. The SMILES string of the molecule is O=CCCC1C2CCCC12. The summed E-state index contributed by atoms with van der Waals surface area (Å²) >= 11 is 0. The maximum Gasteiger partial charge on any atom is 0.120 e. The van der Waals surface area contributed by atoms with Crippen molar-refractivity contribution in [3.63, 3.8) is 0 Å². The van der Waals surface area contributed by atoms with Crippen molar-refractivity contribution in [2.45, 2.75) is 32.1 Å². The fourth-order valence-electron chi connectivity index (χ4n) is 2.66. The molecule has 0 bridgehead atoms. The third-order valence-corrected chi connectivity index (χ3v) is 3.20. The van der Waals surface area contributed by atoms with Crippen LogP contribution in [0.25, 0.3) is 0 Å². The number of carbonyl (C=O) groups is 1. The molecule has 2 aliphatic rings. The van der Waals surface area contributed by atoms with Crippen LogP contribution < -0.4 is 0 Å². The van der Waals surface area contributed by atoms with Crippen molar-refractivity contribution in [3.8, 4) is 0 Å². The molecule has 2 fully saturated rings. The Bertz CT molecular complexity index is 132. The van der Waals surface area contributed by atoms with E-state index in [4.69, 9.17) is 0 Å². The third-order valence-electron chi connectivity index (χ3n) is 3.20. The maximum atomic E-state index is 10.1. The predicted octanol–water partition coefficient (Wildman–Crippen LogP) is 2.01. The van der Waals surface area contributed by atoms with E-state index in [9.17, 15) is 4.79 Å². The number of hydrogen-bond acceptors (Lipinski definition) is 1. The average Bonchev–Trinajstić information content (AvgIpc) is 2.46. The fourth-order valence-corrected chi connectivity index (χ4v) is 2.66. The minimum atomic E-state index is 0.803. The van der Waals surface area contributed by atoms with E-state index >= 15 is 0 Å². The smallest absolute Gasteiger partial charge is 0.120 e. The molecule has 0 saturated heterocycles. The zero-order valence-electron chi connectivity index (χ0n) is 6.25. The van der Waals surface area contributed by atoms with Gasteiger partial charge in [-0.3, -0.25) is 0 Å². The Labute approximate surface area is 61.8 Å². The van der Waals surface area contributed by atoms with Gasteiger partial charge in [-0.2, -0.15) is 0 Å². The largest absolute Gasteiger partial charge is 0.303 e. The summed E-state index contributed by atoms with van der Waals surface area (Å²) in [7, 11) is 0. The van der Waals surface area contributed by atoms with E-state index in [-0.39, 0.29) is 0 Å². The second-order valence-electron chi connectivity index (χ2n) is 3.67. The van der Waals surface area contributed by atoms with Crippen LogP contribution in [-0.4, -0.2) is 6.29 Å². The van der Waals surface area contributed by atoms with Crippen LogP contribution in [0.1, 0.15) is 32.1 Å². The Balaban J connectivity index is 1.74. The highest BCUT2D eigenvalue weighted by atomic mass is 16.1. The summed E-state index contributed by atoms with van der Waals surface area (Å²) in [6.45, 7) is 0. The van der Waals surface area contributed by atoms with Crippen LogP contribution in [0.15, 0.2) is 0 Å². The van der Waals surface area contributed by atoms with Crippen molar-refractivity contribution in [3.05, 3.63) is 0 Å². The molecule has 2 unspecified atom stereocenters. The molecule has 1 nitrogen and oxygen atoms in total. The van der Waals surface area contributed by atoms with Gasteiger partial charge < -0.3 is 4.79 Å². The van der Waals surface area contributed by atoms with Gasteiger partial charge in [0.15, 0.2) is 0 Å². The number of aldehydes is 1. The Morgan fingerprint density at radius 2 is 2.00 bits per heavy atom. The molecular weight excluding hydrogens is 124 g/mol. The van der Waals surface area contributed by atoms with Crippen molar-refractivity contribution >= 4 is 6.29 Å². The van der Waals surface area contributed by atoms with Crippen molar-refractivity contribution in [1.29, 1.82) is 0 Å². The number of carbonyl (C=O) groups excluding carboxylic acids is 1. The lowest BCUT2D eigenvalue weighted by atomic mass is 10.1. The Morgan fingerprint density at radius 1 is 1.30 bits per heavy atom. The van der Waals surface area contributed by atoms with Crippen molar-refractivity contribution in [2.75, 3.05) is 0 Å². The molecule has 2 saturated carbocycles. The lowest BCUT2D eigenvalue weighted by Gasteiger charge is -1.97. The molecule has 0 radical (unpaired) electrons. The van der Waals surface area contributed by atoms with Crippen molar-refractivity contribution in [1.82, 2.24) is 0 Å². The van der Waals surface area contributed by atoms with Gasteiger partial charge in [0, 0.05) is 6.42 Å². The molecule has 0 amide bonds. The molecule has 56 valence electrons. The van der Waals surface area contributed by atoms with E-state index < -0.39 is 0 Å². The van der Waals surface area contributed by atoms with Crippen LogP contribution in [0.4, 0.5) is 0 Å². The molecule has 0 spiro atoms. The lowest BCUT2D eigenvalue weighted by Crippen LogP contribution is -1.87. The van der Waals surface area contributed by atoms with Gasteiger partial charge in [0.25, 0.3) is 0 Å². The fraction of sp³-hybridized carbons (Fsp3) is 0.889. The lowest BCUT2D eigenvalue weighted by molar-refractivity contribution is -0.108. The first-order chi connectivity index (χ1) is 4.93. The first-order valence-electron chi connectivity index (χ1n) is 4.37. The second-order valence-corrected chi connectivity index (χ2v) is 3.67. The second kappa shape index (κ2) is 2.37. The number of hydrogen-bond donors (Lipinski definition) is 0. The summed E-state index contributed by atoms with van der Waals surface area (Å²) < 4.78 is 0. The first-order valence-corrected chi connectivity index (χ1v) is 4.37. The van der Waals surface area contributed by atoms with Gasteiger partial charge >= 0.3 is 0 Å². The van der Waals surface area contributed by atoms with Gasteiger partial charge in [-0.25, -0.2) is 0 Å². The van der Waals surface area contributed by atoms with Crippen molar-refractivity contribution < 1.29 is 4.79 Å². The highest BCUT2D eigenvalue weighted by molar-refractivity contribution is 5.49. The van der Waals surface area contributed by atoms with Crippen LogP contribution in [0.5, 0.6) is 0 Å². The number of rotatable bonds is 3. The minimum Gasteiger partial charge on any atom is -0.303 e. The van der Waals surface area contributed by atoms with E-state index in [1.54, 1.807) is 0 Å². The van der Waals surface area contributed by atoms with E-state index in [0.29, 0.717) is 0 Å². The molecule has 2 atom stereocenters. The third kappa shape index (κ3) is 0.882. The van der Waals surface area contributed by atoms with E-state index in [1.165, 1.54) is 25.7 Å². The highest BCUT2D eigenvalue weighted by Gasteiger charge is 2.51. The molecule has 0 aromatic rings. The summed E-state index contributed by atoms with van der Waals surface area (Å²) in [4.78, 5) is 10.1. The predicted molar refractivity (Wildman–Crippen MR) is 39.6 cm³/mol. The molecular formula is C9H14O. The topological polar surface area (TPSA) is 17.1 Å². The zero-order valence-corrected chi connectivity index (χ0v) is 6.25. The van der Waals surface area contributed by atoms with Crippen molar-refractivity contribution in [2.24, 2.45) is 17.8 Å². The number of fused-ring (bicyclic) bond motifs is 1. The van der Waals surface area contributed by atoms with E-state index in [2.05, 4.69) is 0 Å². The van der Waals surface area contributed by atoms with Gasteiger partial charge in [-0.05, 0) is 37.0 Å². The van der Waals surface area contributed by atoms with Gasteiger partial charge in [0.2, 0.25) is 0 Å². The zero-order chi connectivity index (χ0) is 6.97. The summed E-state index contributed by atoms with van der Waals surface area (Å²) in [6, 6.07) is 0. The molecule has 0 N–H and O–H groups in total. The average molecular weight is 138 g/mol.